The fourth-order valence-electron chi connectivity index (χ4n) is 4.22. The zero-order chi connectivity index (χ0) is 24.5. The smallest absolute Gasteiger partial charge is 0.261 e. The number of anilines is 2. The Morgan fingerprint density at radius 1 is 1.03 bits per heavy atom. The maximum Gasteiger partial charge on any atom is 0.261 e. The highest BCUT2D eigenvalue weighted by molar-refractivity contribution is 7.15. The number of hydrogen-bond acceptors (Lipinski definition) is 7. The summed E-state index contributed by atoms with van der Waals surface area (Å²) in [5.74, 6) is -1.63. The summed E-state index contributed by atoms with van der Waals surface area (Å²) in [6.45, 7) is 0.540. The quantitative estimate of drug-likeness (QED) is 0.506. The fourth-order valence-corrected chi connectivity index (χ4v) is 5.07. The molecule has 2 aliphatic heterocycles. The number of fused-ring (bicyclic) bond motifs is 1. The Balaban J connectivity index is 1.12. The van der Waals surface area contributed by atoms with Crippen molar-refractivity contribution >= 4 is 45.8 Å². The van der Waals surface area contributed by atoms with E-state index >= 15 is 0 Å². The fraction of sp³-hybridized carbons (Fsp3) is 0.250. The van der Waals surface area contributed by atoms with Gasteiger partial charge in [-0.3, -0.25) is 24.1 Å². The molecule has 1 N–H and O–H groups in total. The summed E-state index contributed by atoms with van der Waals surface area (Å²) in [4.78, 5) is 52.3. The van der Waals surface area contributed by atoms with E-state index < -0.39 is 0 Å². The first-order valence-corrected chi connectivity index (χ1v) is 11.9. The van der Waals surface area contributed by atoms with Crippen molar-refractivity contribution in [1.82, 2.24) is 15.1 Å². The zero-order valence-electron chi connectivity index (χ0n) is 18.4. The van der Waals surface area contributed by atoms with Gasteiger partial charge in [-0.15, -0.1) is 10.2 Å². The Kier molecular flexibility index (Phi) is 6.08. The minimum Gasteiger partial charge on any atom is -0.312 e. The predicted octanol–water partition coefficient (Wildman–Crippen LogP) is 3.21. The van der Waals surface area contributed by atoms with Gasteiger partial charge in [-0.05, 0) is 42.8 Å². The third-order valence-corrected chi connectivity index (χ3v) is 6.96. The highest BCUT2D eigenvalue weighted by Gasteiger charge is 2.35. The van der Waals surface area contributed by atoms with Crippen LogP contribution in [0.3, 0.4) is 0 Å². The first-order valence-electron chi connectivity index (χ1n) is 11.0. The van der Waals surface area contributed by atoms with Gasteiger partial charge in [0.15, 0.2) is 0 Å². The molecule has 0 saturated carbocycles. The van der Waals surface area contributed by atoms with Gasteiger partial charge in [0.2, 0.25) is 16.9 Å². The largest absolute Gasteiger partial charge is 0.312 e. The molecule has 0 radical (unpaired) electrons. The second-order valence-electron chi connectivity index (χ2n) is 8.29. The first kappa shape index (κ1) is 22.8. The molecule has 9 nitrogen and oxygen atoms in total. The summed E-state index contributed by atoms with van der Waals surface area (Å²) >= 11 is 1.20. The van der Waals surface area contributed by atoms with Gasteiger partial charge < -0.3 is 10.2 Å². The van der Waals surface area contributed by atoms with Crippen LogP contribution in [0.2, 0.25) is 0 Å². The molecule has 1 atom stereocenters. The van der Waals surface area contributed by atoms with Crippen molar-refractivity contribution in [3.05, 3.63) is 70.5 Å². The number of rotatable bonds is 7. The van der Waals surface area contributed by atoms with Crippen LogP contribution in [0.1, 0.15) is 50.9 Å². The summed E-state index contributed by atoms with van der Waals surface area (Å²) in [6, 6.07) is 12.4. The van der Waals surface area contributed by atoms with E-state index in [0.29, 0.717) is 39.9 Å². The lowest BCUT2D eigenvalue weighted by Crippen LogP contribution is -2.31. The Labute approximate surface area is 203 Å². The zero-order valence-corrected chi connectivity index (χ0v) is 19.3. The van der Waals surface area contributed by atoms with Crippen molar-refractivity contribution in [1.29, 1.82) is 0 Å². The number of halogens is 1. The number of benzene rings is 2. The van der Waals surface area contributed by atoms with E-state index in [1.165, 1.54) is 23.5 Å². The normalized spacial score (nSPS) is 17.3. The van der Waals surface area contributed by atoms with Gasteiger partial charge in [0, 0.05) is 37.5 Å². The van der Waals surface area contributed by atoms with E-state index in [0.717, 1.165) is 4.90 Å². The molecule has 1 fully saturated rings. The highest BCUT2D eigenvalue weighted by atomic mass is 32.1. The van der Waals surface area contributed by atoms with Gasteiger partial charge in [-0.25, -0.2) is 4.39 Å². The SMILES string of the molecule is O=C(CCCN1C(=O)c2ccccc2C1=O)Nc1nnc(C2CC(=O)N(c3ccc(F)cc3)C2)s1. The molecule has 1 saturated heterocycles. The number of carbonyl (C=O) groups is 4. The van der Waals surface area contributed by atoms with Crippen LogP contribution in [0.5, 0.6) is 0 Å². The molecular weight excluding hydrogens is 473 g/mol. The molecule has 35 heavy (non-hydrogen) atoms. The van der Waals surface area contributed by atoms with Crippen LogP contribution in [-0.2, 0) is 9.59 Å². The molecular formula is C24H20FN5O4S. The van der Waals surface area contributed by atoms with E-state index in [2.05, 4.69) is 15.5 Å². The summed E-state index contributed by atoms with van der Waals surface area (Å²) < 4.78 is 13.2. The van der Waals surface area contributed by atoms with Crippen LogP contribution >= 0.6 is 11.3 Å². The molecule has 178 valence electrons. The van der Waals surface area contributed by atoms with Gasteiger partial charge in [0.25, 0.3) is 11.8 Å². The van der Waals surface area contributed by atoms with Crippen molar-refractivity contribution in [3.63, 3.8) is 0 Å². The van der Waals surface area contributed by atoms with Gasteiger partial charge in [-0.2, -0.15) is 0 Å². The average molecular weight is 494 g/mol. The lowest BCUT2D eigenvalue weighted by molar-refractivity contribution is -0.117. The van der Waals surface area contributed by atoms with E-state index in [4.69, 9.17) is 0 Å². The third-order valence-electron chi connectivity index (χ3n) is 5.96. The van der Waals surface area contributed by atoms with Gasteiger partial charge in [0.05, 0.1) is 11.1 Å². The average Bonchev–Trinajstić information content (AvgIpc) is 3.53. The lowest BCUT2D eigenvalue weighted by Gasteiger charge is -2.16. The van der Waals surface area contributed by atoms with E-state index in [-0.39, 0.29) is 54.8 Å². The summed E-state index contributed by atoms with van der Waals surface area (Å²) in [6.07, 6.45) is 0.662. The molecule has 0 bridgehead atoms. The minimum atomic E-state index is -0.370. The Bertz CT molecular complexity index is 1290. The standard InChI is InChI=1S/C24H20FN5O4S/c25-15-7-9-16(10-8-15)30-13-14(12-20(30)32)21-27-28-24(35-21)26-19(31)6-3-11-29-22(33)17-4-1-2-5-18(17)23(29)34/h1-2,4-5,7-10,14H,3,6,11-13H2,(H,26,28,31). The van der Waals surface area contributed by atoms with Crippen LogP contribution in [0, 0.1) is 5.82 Å². The van der Waals surface area contributed by atoms with Crippen LogP contribution in [0.4, 0.5) is 15.2 Å². The Morgan fingerprint density at radius 2 is 1.71 bits per heavy atom. The molecule has 1 unspecified atom stereocenters. The number of carbonyl (C=O) groups excluding carboxylic acids is 4. The van der Waals surface area contributed by atoms with Crippen molar-refractivity contribution < 1.29 is 23.6 Å². The number of nitrogens with one attached hydrogen (secondary N) is 1. The molecule has 11 heteroatoms. The van der Waals surface area contributed by atoms with Crippen LogP contribution in [-0.4, -0.2) is 51.8 Å². The molecule has 3 heterocycles. The van der Waals surface area contributed by atoms with Crippen LogP contribution in [0.15, 0.2) is 48.5 Å². The van der Waals surface area contributed by atoms with Crippen LogP contribution < -0.4 is 10.2 Å². The number of hydrogen-bond donors (Lipinski definition) is 1. The number of imide groups is 1. The molecule has 2 aromatic carbocycles. The maximum atomic E-state index is 13.2. The van der Waals surface area contributed by atoms with Crippen molar-refractivity contribution in [2.75, 3.05) is 23.3 Å². The second kappa shape index (κ2) is 9.34. The van der Waals surface area contributed by atoms with Gasteiger partial charge in [0.1, 0.15) is 10.8 Å². The second-order valence-corrected chi connectivity index (χ2v) is 9.30. The van der Waals surface area contributed by atoms with Crippen LogP contribution in [0.25, 0.3) is 0 Å². The third kappa shape index (κ3) is 4.54. The number of aromatic nitrogens is 2. The number of nitrogens with zero attached hydrogens (tertiary/aromatic N) is 4. The highest BCUT2D eigenvalue weighted by Crippen LogP contribution is 2.34. The molecule has 4 amide bonds. The topological polar surface area (TPSA) is 113 Å². The first-order chi connectivity index (χ1) is 16.9. The maximum absolute atomic E-state index is 13.2. The number of amides is 4. The van der Waals surface area contributed by atoms with Crippen molar-refractivity contribution in [2.45, 2.75) is 25.2 Å². The lowest BCUT2D eigenvalue weighted by atomic mass is 10.1. The van der Waals surface area contributed by atoms with Crippen molar-refractivity contribution in [2.24, 2.45) is 0 Å². The van der Waals surface area contributed by atoms with E-state index in [1.54, 1.807) is 41.3 Å². The van der Waals surface area contributed by atoms with Gasteiger partial charge in [-0.1, -0.05) is 23.5 Å². The molecule has 0 spiro atoms. The monoisotopic (exact) mass is 493 g/mol. The minimum absolute atomic E-state index is 0.0875. The van der Waals surface area contributed by atoms with Gasteiger partial charge >= 0.3 is 0 Å². The Morgan fingerprint density at radius 3 is 2.40 bits per heavy atom. The summed E-state index contributed by atoms with van der Waals surface area (Å²) in [5, 5.41) is 11.8. The van der Waals surface area contributed by atoms with E-state index in [1.807, 2.05) is 0 Å². The summed E-state index contributed by atoms with van der Waals surface area (Å²) in [5.41, 5.74) is 1.38. The molecule has 5 rings (SSSR count). The molecule has 0 aliphatic carbocycles. The van der Waals surface area contributed by atoms with E-state index in [9.17, 15) is 23.6 Å². The predicted molar refractivity (Wildman–Crippen MR) is 126 cm³/mol. The Hall–Kier alpha value is -3.99. The molecule has 2 aliphatic rings. The molecule has 1 aromatic heterocycles. The van der Waals surface area contributed by atoms with Crippen molar-refractivity contribution in [3.8, 4) is 0 Å². The molecule has 3 aromatic rings. The summed E-state index contributed by atoms with van der Waals surface area (Å²) in [7, 11) is 0.